The summed E-state index contributed by atoms with van der Waals surface area (Å²) in [6.07, 6.45) is 9.71. The molecule has 2 aromatic carbocycles. The fraction of sp³-hybridized carbons (Fsp3) is 0.304. The van der Waals surface area contributed by atoms with Gasteiger partial charge in [0.15, 0.2) is 11.5 Å². The van der Waals surface area contributed by atoms with Gasteiger partial charge in [0.05, 0.1) is 11.0 Å². The molecule has 0 radical (unpaired) electrons. The van der Waals surface area contributed by atoms with Crippen LogP contribution in [0.3, 0.4) is 0 Å². The van der Waals surface area contributed by atoms with Crippen LogP contribution in [0, 0.1) is 5.82 Å². The van der Waals surface area contributed by atoms with Gasteiger partial charge in [-0.3, -0.25) is 9.89 Å². The van der Waals surface area contributed by atoms with Crippen LogP contribution in [-0.2, 0) is 12.2 Å². The summed E-state index contributed by atoms with van der Waals surface area (Å²) >= 11 is 0. The van der Waals surface area contributed by atoms with E-state index < -0.39 is 5.66 Å². The molecule has 5 heteroatoms. The van der Waals surface area contributed by atoms with Gasteiger partial charge in [-0.15, -0.1) is 0 Å². The third kappa shape index (κ3) is 2.87. The van der Waals surface area contributed by atoms with Gasteiger partial charge in [0.1, 0.15) is 5.82 Å². The number of benzene rings is 2. The second kappa shape index (κ2) is 6.99. The Kier molecular flexibility index (Phi) is 4.32. The van der Waals surface area contributed by atoms with Gasteiger partial charge in [0.25, 0.3) is 0 Å². The summed E-state index contributed by atoms with van der Waals surface area (Å²) < 4.78 is 15.6. The summed E-state index contributed by atoms with van der Waals surface area (Å²) in [4.78, 5) is 12.4. The first-order valence-electron chi connectivity index (χ1n) is 9.95. The molecule has 0 spiro atoms. The molecule has 1 unspecified atom stereocenters. The summed E-state index contributed by atoms with van der Waals surface area (Å²) in [5.74, 6) is 0.720. The Morgan fingerprint density at radius 1 is 0.964 bits per heavy atom. The van der Waals surface area contributed by atoms with Crippen molar-refractivity contribution in [3.8, 4) is 0 Å². The minimum Gasteiger partial charge on any atom is -0.320 e. The van der Waals surface area contributed by atoms with E-state index in [4.69, 9.17) is 9.98 Å². The van der Waals surface area contributed by atoms with Crippen LogP contribution in [0.5, 0.6) is 0 Å². The van der Waals surface area contributed by atoms with Crippen LogP contribution >= 0.6 is 0 Å². The standard InChI is InChI=1S/C23H23FN4/c24-19-11-9-18(10-12-19)17-28-21-8-3-2-7-20(21)26-22(28)23(13-6-14-25-23)27-15-4-1-5-16-27/h2-3,6-14H,1,4-5,15-17H2. The summed E-state index contributed by atoms with van der Waals surface area (Å²) in [5, 5.41) is 0. The molecular weight excluding hydrogens is 351 g/mol. The van der Waals surface area contributed by atoms with E-state index in [1.807, 2.05) is 42.6 Å². The largest absolute Gasteiger partial charge is 0.320 e. The Hall–Kier alpha value is -2.79. The van der Waals surface area contributed by atoms with E-state index in [2.05, 4.69) is 21.6 Å². The molecule has 3 aromatic rings. The molecule has 1 saturated heterocycles. The number of likely N-dealkylation sites (tertiary alicyclic amines) is 1. The number of aromatic nitrogens is 2. The lowest BCUT2D eigenvalue weighted by molar-refractivity contribution is 0.103. The van der Waals surface area contributed by atoms with E-state index in [1.54, 1.807) is 0 Å². The molecular formula is C23H23FN4. The van der Waals surface area contributed by atoms with Crippen LogP contribution in [0.2, 0.25) is 0 Å². The maximum atomic E-state index is 13.4. The molecule has 1 aromatic heterocycles. The van der Waals surface area contributed by atoms with Crippen molar-refractivity contribution in [1.82, 2.24) is 14.5 Å². The van der Waals surface area contributed by atoms with Crippen molar-refractivity contribution in [3.63, 3.8) is 0 Å². The van der Waals surface area contributed by atoms with Gasteiger partial charge in [0.2, 0.25) is 0 Å². The summed E-state index contributed by atoms with van der Waals surface area (Å²) in [6.45, 7) is 2.66. The highest BCUT2D eigenvalue weighted by Crippen LogP contribution is 2.37. The smallest absolute Gasteiger partial charge is 0.190 e. The lowest BCUT2D eigenvalue weighted by atomic mass is 10.0. The van der Waals surface area contributed by atoms with E-state index >= 15 is 0 Å². The van der Waals surface area contributed by atoms with Crippen molar-refractivity contribution in [2.45, 2.75) is 31.5 Å². The molecule has 28 heavy (non-hydrogen) atoms. The number of aliphatic imine (C=N–C) groups is 1. The zero-order valence-electron chi connectivity index (χ0n) is 15.8. The minimum atomic E-state index is -0.556. The van der Waals surface area contributed by atoms with Crippen molar-refractivity contribution >= 4 is 17.2 Å². The first-order valence-corrected chi connectivity index (χ1v) is 9.95. The third-order valence-corrected chi connectivity index (χ3v) is 5.76. The van der Waals surface area contributed by atoms with E-state index in [-0.39, 0.29) is 5.82 Å². The molecule has 1 fully saturated rings. The van der Waals surface area contributed by atoms with Gasteiger partial charge in [-0.2, -0.15) is 0 Å². The van der Waals surface area contributed by atoms with Crippen LogP contribution in [0.4, 0.5) is 4.39 Å². The average molecular weight is 374 g/mol. The topological polar surface area (TPSA) is 33.4 Å². The second-order valence-corrected chi connectivity index (χ2v) is 7.55. The Balaban J connectivity index is 1.66. The quantitative estimate of drug-likeness (QED) is 0.674. The van der Waals surface area contributed by atoms with Crippen molar-refractivity contribution < 1.29 is 4.39 Å². The lowest BCUT2D eigenvalue weighted by Crippen LogP contribution is -2.47. The molecule has 0 bridgehead atoms. The van der Waals surface area contributed by atoms with Gasteiger partial charge in [-0.1, -0.05) is 30.7 Å². The Labute approximate surface area is 164 Å². The van der Waals surface area contributed by atoms with Gasteiger partial charge < -0.3 is 4.57 Å². The molecule has 5 rings (SSSR count). The van der Waals surface area contributed by atoms with Crippen molar-refractivity contribution in [3.05, 3.63) is 77.9 Å². The number of fused-ring (bicyclic) bond motifs is 1. The van der Waals surface area contributed by atoms with Crippen LogP contribution in [0.25, 0.3) is 11.0 Å². The van der Waals surface area contributed by atoms with Gasteiger partial charge in [-0.05, 0) is 54.8 Å². The average Bonchev–Trinajstić information content (AvgIpc) is 3.37. The number of imidazole rings is 1. The molecule has 2 aliphatic heterocycles. The summed E-state index contributed by atoms with van der Waals surface area (Å²) in [7, 11) is 0. The fourth-order valence-electron chi connectivity index (χ4n) is 4.36. The normalized spacial score (nSPS) is 22.3. The molecule has 1 atom stereocenters. The maximum Gasteiger partial charge on any atom is 0.190 e. The SMILES string of the molecule is Fc1ccc(Cn2c(C3(N4CCCCC4)C=CC=N3)nc3ccccc32)cc1. The number of piperidine rings is 1. The molecule has 142 valence electrons. The van der Waals surface area contributed by atoms with Crippen molar-refractivity contribution in [2.75, 3.05) is 13.1 Å². The Morgan fingerprint density at radius 3 is 2.50 bits per heavy atom. The molecule has 0 saturated carbocycles. The molecule has 3 heterocycles. The number of para-hydroxylation sites is 2. The van der Waals surface area contributed by atoms with Crippen molar-refractivity contribution in [2.24, 2.45) is 4.99 Å². The predicted molar refractivity (Wildman–Crippen MR) is 110 cm³/mol. The van der Waals surface area contributed by atoms with E-state index in [0.717, 1.165) is 35.5 Å². The lowest BCUT2D eigenvalue weighted by Gasteiger charge is -2.39. The minimum absolute atomic E-state index is 0.215. The number of hydrogen-bond donors (Lipinski definition) is 0. The van der Waals surface area contributed by atoms with E-state index in [1.165, 1.54) is 31.4 Å². The number of rotatable bonds is 4. The van der Waals surface area contributed by atoms with Crippen LogP contribution in [0.1, 0.15) is 30.7 Å². The fourth-order valence-corrected chi connectivity index (χ4v) is 4.36. The first-order chi connectivity index (χ1) is 13.8. The van der Waals surface area contributed by atoms with Gasteiger partial charge >= 0.3 is 0 Å². The Bertz CT molecular complexity index is 1030. The Morgan fingerprint density at radius 2 is 1.75 bits per heavy atom. The molecule has 0 N–H and O–H groups in total. The van der Waals surface area contributed by atoms with E-state index in [9.17, 15) is 4.39 Å². The monoisotopic (exact) mass is 374 g/mol. The molecule has 2 aliphatic rings. The van der Waals surface area contributed by atoms with E-state index in [0.29, 0.717) is 6.54 Å². The number of hydrogen-bond acceptors (Lipinski definition) is 3. The first kappa shape index (κ1) is 17.3. The highest BCUT2D eigenvalue weighted by molar-refractivity contribution is 5.78. The molecule has 0 amide bonds. The number of halogens is 1. The zero-order chi connectivity index (χ0) is 19.0. The van der Waals surface area contributed by atoms with Crippen LogP contribution < -0.4 is 0 Å². The summed E-state index contributed by atoms with van der Waals surface area (Å²) in [5.41, 5.74) is 2.53. The third-order valence-electron chi connectivity index (χ3n) is 5.76. The van der Waals surface area contributed by atoms with Gasteiger partial charge in [-0.25, -0.2) is 9.37 Å². The van der Waals surface area contributed by atoms with Crippen molar-refractivity contribution in [1.29, 1.82) is 0 Å². The second-order valence-electron chi connectivity index (χ2n) is 7.55. The summed E-state index contributed by atoms with van der Waals surface area (Å²) in [6, 6.07) is 14.9. The highest BCUT2D eigenvalue weighted by Gasteiger charge is 2.42. The van der Waals surface area contributed by atoms with Crippen LogP contribution in [0.15, 0.2) is 65.7 Å². The maximum absolute atomic E-state index is 13.4. The molecule has 0 aliphatic carbocycles. The zero-order valence-corrected chi connectivity index (χ0v) is 15.8. The number of allylic oxidation sites excluding steroid dienone is 1. The van der Waals surface area contributed by atoms with Crippen LogP contribution in [-0.4, -0.2) is 33.8 Å². The van der Waals surface area contributed by atoms with Gasteiger partial charge in [0, 0.05) is 25.8 Å². The number of nitrogens with zero attached hydrogens (tertiary/aromatic N) is 4. The predicted octanol–water partition coefficient (Wildman–Crippen LogP) is 4.50. The highest BCUT2D eigenvalue weighted by atomic mass is 19.1. The molecule has 4 nitrogen and oxygen atoms in total.